The first-order valence-corrected chi connectivity index (χ1v) is 4.61. The van der Waals surface area contributed by atoms with E-state index in [0.717, 1.165) is 12.8 Å². The van der Waals surface area contributed by atoms with Crippen LogP contribution in [0.1, 0.15) is 26.7 Å². The van der Waals surface area contributed by atoms with Gasteiger partial charge in [0, 0.05) is 6.04 Å². The van der Waals surface area contributed by atoms with Gasteiger partial charge in [-0.25, -0.2) is 0 Å². The first-order chi connectivity index (χ1) is 5.70. The van der Waals surface area contributed by atoms with Gasteiger partial charge in [-0.3, -0.25) is 0 Å². The predicted molar refractivity (Wildman–Crippen MR) is 48.5 cm³/mol. The van der Waals surface area contributed by atoms with E-state index in [9.17, 15) is 12.9 Å². The fraction of sp³-hybridized carbons (Fsp3) is 1.00. The summed E-state index contributed by atoms with van der Waals surface area (Å²) in [5.41, 5.74) is 0.248. The summed E-state index contributed by atoms with van der Waals surface area (Å²) in [5.74, 6) is 0. The molecule has 1 aliphatic rings. The van der Waals surface area contributed by atoms with Gasteiger partial charge in [-0.2, -0.15) is 0 Å². The minimum Gasteiger partial charge on any atom is -0.448 e. The van der Waals surface area contributed by atoms with E-state index >= 15 is 0 Å². The normalized spacial score (nSPS) is 21.6. The first-order valence-electron chi connectivity index (χ1n) is 4.61. The molecule has 0 aliphatic heterocycles. The minimum absolute atomic E-state index is 0. The van der Waals surface area contributed by atoms with Crippen LogP contribution >= 0.6 is 0 Å². The molecule has 6 heteroatoms. The molecule has 0 atom stereocenters. The van der Waals surface area contributed by atoms with Crippen LogP contribution in [0.25, 0.3) is 0 Å². The molecule has 0 aromatic rings. The molecule has 0 bridgehead atoms. The Morgan fingerprint density at radius 3 is 2.00 bits per heavy atom. The Balaban J connectivity index is 0.00000169. The first kappa shape index (κ1) is 15.5. The molecule has 14 heavy (non-hydrogen) atoms. The fourth-order valence-electron chi connectivity index (χ4n) is 2.00. The van der Waals surface area contributed by atoms with Gasteiger partial charge in [-0.05, 0) is 31.7 Å². The monoisotopic (exact) mass is 233 g/mol. The predicted octanol–water partition coefficient (Wildman–Crippen LogP) is -0.503. The second-order valence-corrected chi connectivity index (χ2v) is 4.88. The topological polar surface area (TPSA) is 3.24 Å². The molecule has 0 heterocycles. The van der Waals surface area contributed by atoms with Gasteiger partial charge in [0.1, 0.15) is 0 Å². The van der Waals surface area contributed by atoms with Crippen molar-refractivity contribution in [2.45, 2.75) is 32.7 Å². The second-order valence-electron chi connectivity index (χ2n) is 4.88. The van der Waals surface area contributed by atoms with E-state index in [1.807, 2.05) is 0 Å². The van der Waals surface area contributed by atoms with E-state index in [-0.39, 0.29) is 62.8 Å². The molecular weight excluding hydrogens is 217 g/mol. The smallest absolute Gasteiger partial charge is 0.448 e. The number of halogens is 3. The minimum atomic E-state index is -4.66. The maximum Gasteiger partial charge on any atom is 1.00 e. The third kappa shape index (κ3) is 4.99. The molecule has 0 aromatic carbocycles. The Bertz CT molecular complexity index is 188. The summed E-state index contributed by atoms with van der Waals surface area (Å²) in [6.45, 7) is -0.471. The quantitative estimate of drug-likeness (QED) is 0.594. The van der Waals surface area contributed by atoms with Crippen molar-refractivity contribution in [1.29, 1.82) is 0 Å². The van der Waals surface area contributed by atoms with Gasteiger partial charge < -0.3 is 17.8 Å². The summed E-state index contributed by atoms with van der Waals surface area (Å²) in [6.07, 6.45) is 1.05. The number of hydrogen-bond donors (Lipinski definition) is 0. The molecular formula is C8H16BF3KN. The van der Waals surface area contributed by atoms with E-state index in [0.29, 0.717) is 0 Å². The summed E-state index contributed by atoms with van der Waals surface area (Å²) in [4.78, 5) is 1.44. The zero-order valence-electron chi connectivity index (χ0n) is 9.36. The third-order valence-corrected chi connectivity index (χ3v) is 2.69. The largest absolute Gasteiger partial charge is 1.00 e. The van der Waals surface area contributed by atoms with Crippen molar-refractivity contribution in [1.82, 2.24) is 4.90 Å². The number of rotatable bonds is 3. The standard InChI is InChI=1S/C8H16BF3N.K/c1-8(2)4-7(5-8)13(3)6-9(10,11)12;/h7H,4-6H2,1-3H3;/q-1;+1. The summed E-state index contributed by atoms with van der Waals surface area (Å²) >= 11 is 0. The number of nitrogens with zero attached hydrogens (tertiary/aromatic N) is 1. The maximum absolute atomic E-state index is 12.0. The molecule has 0 N–H and O–H groups in total. The van der Waals surface area contributed by atoms with Crippen LogP contribution in [0.4, 0.5) is 12.9 Å². The zero-order chi connectivity index (χ0) is 10.3. The molecule has 1 saturated carbocycles. The summed E-state index contributed by atoms with van der Waals surface area (Å²) in [5, 5.41) is 0. The molecule has 0 radical (unpaired) electrons. The molecule has 1 aliphatic carbocycles. The van der Waals surface area contributed by atoms with Crippen LogP contribution < -0.4 is 51.4 Å². The van der Waals surface area contributed by atoms with Crippen LogP contribution in [0.5, 0.6) is 0 Å². The summed E-state index contributed by atoms with van der Waals surface area (Å²) in [6, 6.07) is 0.137. The van der Waals surface area contributed by atoms with Crippen LogP contribution in [0, 0.1) is 5.41 Å². The number of hydrogen-bond acceptors (Lipinski definition) is 1. The second kappa shape index (κ2) is 5.19. The average Bonchev–Trinajstić information content (AvgIpc) is 1.77. The van der Waals surface area contributed by atoms with Crippen LogP contribution in [0.2, 0.25) is 0 Å². The molecule has 0 amide bonds. The Labute approximate surface area is 126 Å². The summed E-state index contributed by atoms with van der Waals surface area (Å²) < 4.78 is 36.1. The molecule has 0 aromatic heterocycles. The van der Waals surface area contributed by atoms with Gasteiger partial charge in [0.25, 0.3) is 0 Å². The van der Waals surface area contributed by atoms with Crippen molar-refractivity contribution in [3.8, 4) is 0 Å². The van der Waals surface area contributed by atoms with E-state index in [2.05, 4.69) is 13.8 Å². The van der Waals surface area contributed by atoms with Crippen molar-refractivity contribution in [3.05, 3.63) is 0 Å². The fourth-order valence-corrected chi connectivity index (χ4v) is 2.00. The summed E-state index contributed by atoms with van der Waals surface area (Å²) in [7, 11) is 1.56. The van der Waals surface area contributed by atoms with E-state index in [4.69, 9.17) is 0 Å². The van der Waals surface area contributed by atoms with Crippen LogP contribution in [-0.2, 0) is 0 Å². The molecule has 1 nitrogen and oxygen atoms in total. The average molecular weight is 233 g/mol. The van der Waals surface area contributed by atoms with Crippen molar-refractivity contribution in [2.75, 3.05) is 13.5 Å². The van der Waals surface area contributed by atoms with E-state index in [1.54, 1.807) is 7.05 Å². The van der Waals surface area contributed by atoms with Crippen LogP contribution in [0.15, 0.2) is 0 Å². The van der Waals surface area contributed by atoms with Gasteiger partial charge in [0.2, 0.25) is 0 Å². The SMILES string of the molecule is CN(C[B-](F)(F)F)C1CC(C)(C)C1.[K+]. The van der Waals surface area contributed by atoms with Gasteiger partial charge in [-0.15, -0.1) is 0 Å². The maximum atomic E-state index is 12.0. The van der Waals surface area contributed by atoms with Crippen molar-refractivity contribution < 1.29 is 64.3 Å². The Morgan fingerprint density at radius 2 is 1.71 bits per heavy atom. The van der Waals surface area contributed by atoms with Gasteiger partial charge in [-0.1, -0.05) is 13.8 Å². The molecule has 1 rings (SSSR count). The van der Waals surface area contributed by atoms with Gasteiger partial charge in [0.15, 0.2) is 0 Å². The van der Waals surface area contributed by atoms with Gasteiger partial charge in [0.05, 0.1) is 0 Å². The molecule has 78 valence electrons. The zero-order valence-corrected chi connectivity index (χ0v) is 12.5. The van der Waals surface area contributed by atoms with Gasteiger partial charge >= 0.3 is 58.4 Å². The van der Waals surface area contributed by atoms with Crippen LogP contribution in [0.3, 0.4) is 0 Å². The molecule has 0 spiro atoms. The van der Waals surface area contributed by atoms with Crippen LogP contribution in [-0.4, -0.2) is 31.4 Å². The van der Waals surface area contributed by atoms with Crippen molar-refractivity contribution >= 4 is 6.98 Å². The Kier molecular flexibility index (Phi) is 5.73. The molecule has 0 unspecified atom stereocenters. The molecule has 0 saturated heterocycles. The molecule has 1 fully saturated rings. The van der Waals surface area contributed by atoms with E-state index in [1.165, 1.54) is 4.90 Å². The van der Waals surface area contributed by atoms with Crippen molar-refractivity contribution in [2.24, 2.45) is 5.41 Å². The third-order valence-electron chi connectivity index (χ3n) is 2.69. The van der Waals surface area contributed by atoms with Crippen molar-refractivity contribution in [3.63, 3.8) is 0 Å². The Hall–Kier alpha value is 1.45. The van der Waals surface area contributed by atoms with E-state index < -0.39 is 13.4 Å². The Morgan fingerprint density at radius 1 is 1.29 bits per heavy atom.